The summed E-state index contributed by atoms with van der Waals surface area (Å²) < 4.78 is 20.6. The molecule has 0 radical (unpaired) electrons. The Bertz CT molecular complexity index is 489. The summed E-state index contributed by atoms with van der Waals surface area (Å²) in [5, 5.41) is 9.85. The quantitative estimate of drug-likeness (QED) is 0.858. The van der Waals surface area contributed by atoms with E-state index in [-0.39, 0.29) is 5.75 Å². The third-order valence-electron chi connectivity index (χ3n) is 2.34. The lowest BCUT2D eigenvalue weighted by molar-refractivity contribution is 0.407. The Balaban J connectivity index is 3.08. The third kappa shape index (κ3) is 3.57. The molecule has 1 N–H and O–H groups in total. The van der Waals surface area contributed by atoms with E-state index in [0.29, 0.717) is 17.0 Å². The molecule has 0 saturated carbocycles. The Morgan fingerprint density at radius 1 is 1.39 bits per heavy atom. The van der Waals surface area contributed by atoms with Gasteiger partial charge in [-0.05, 0) is 39.8 Å². The summed E-state index contributed by atoms with van der Waals surface area (Å²) in [4.78, 5) is 0. The van der Waals surface area contributed by atoms with Crippen molar-refractivity contribution in [2.45, 2.75) is 32.4 Å². The van der Waals surface area contributed by atoms with Gasteiger partial charge in [-0.25, -0.2) is 4.21 Å². The van der Waals surface area contributed by atoms with E-state index in [1.54, 1.807) is 19.1 Å². The van der Waals surface area contributed by atoms with Gasteiger partial charge in [0.1, 0.15) is 22.5 Å². The van der Waals surface area contributed by atoms with Crippen molar-refractivity contribution in [1.82, 2.24) is 0 Å². The predicted molar refractivity (Wildman–Crippen MR) is 74.8 cm³/mol. The molecular formula is C13H19NO3S. The second kappa shape index (κ2) is 5.52. The van der Waals surface area contributed by atoms with Gasteiger partial charge in [0, 0.05) is 11.6 Å². The van der Waals surface area contributed by atoms with Crippen molar-refractivity contribution in [3.8, 4) is 11.5 Å². The van der Waals surface area contributed by atoms with E-state index in [2.05, 4.69) is 4.40 Å². The summed E-state index contributed by atoms with van der Waals surface area (Å²) in [5.74, 6) is 0.641. The third-order valence-corrected chi connectivity index (χ3v) is 3.83. The summed E-state index contributed by atoms with van der Waals surface area (Å²) in [5.41, 5.74) is 1.11. The molecule has 100 valence electrons. The molecule has 0 unspecified atom stereocenters. The molecule has 4 nitrogen and oxygen atoms in total. The smallest absolute Gasteiger partial charge is 0.145 e. The molecule has 1 rings (SSSR count). The summed E-state index contributed by atoms with van der Waals surface area (Å²) in [6, 6.07) is 4.94. The minimum Gasteiger partial charge on any atom is -0.507 e. The number of hydrogen-bond acceptors (Lipinski definition) is 3. The van der Waals surface area contributed by atoms with Crippen LogP contribution in [0.2, 0.25) is 0 Å². The lowest BCUT2D eigenvalue weighted by Crippen LogP contribution is -2.20. The molecule has 18 heavy (non-hydrogen) atoms. The van der Waals surface area contributed by atoms with E-state index in [4.69, 9.17) is 4.74 Å². The summed E-state index contributed by atoms with van der Waals surface area (Å²) >= 11 is 0. The Kier molecular flexibility index (Phi) is 4.51. The highest BCUT2D eigenvalue weighted by Gasteiger charge is 2.19. The molecule has 1 atom stereocenters. The number of methoxy groups -OCH3 is 1. The minimum absolute atomic E-state index is 0.0708. The van der Waals surface area contributed by atoms with Crippen LogP contribution in [0.1, 0.15) is 33.3 Å². The Morgan fingerprint density at radius 3 is 2.44 bits per heavy atom. The van der Waals surface area contributed by atoms with Crippen molar-refractivity contribution in [3.05, 3.63) is 23.8 Å². The van der Waals surface area contributed by atoms with Gasteiger partial charge in [-0.15, -0.1) is 0 Å². The van der Waals surface area contributed by atoms with Crippen LogP contribution in [0.4, 0.5) is 0 Å². The average Bonchev–Trinajstić information content (AvgIpc) is 2.27. The van der Waals surface area contributed by atoms with E-state index in [0.717, 1.165) is 0 Å². The van der Waals surface area contributed by atoms with Gasteiger partial charge in [0.15, 0.2) is 0 Å². The van der Waals surface area contributed by atoms with Crippen molar-refractivity contribution in [2.75, 3.05) is 7.11 Å². The molecule has 0 aliphatic heterocycles. The van der Waals surface area contributed by atoms with E-state index >= 15 is 0 Å². The first-order chi connectivity index (χ1) is 8.25. The zero-order valence-electron chi connectivity index (χ0n) is 11.4. The minimum atomic E-state index is -1.34. The van der Waals surface area contributed by atoms with Gasteiger partial charge < -0.3 is 9.84 Å². The molecule has 5 heteroatoms. The molecule has 0 amide bonds. The molecule has 0 aromatic heterocycles. The van der Waals surface area contributed by atoms with Crippen molar-refractivity contribution in [2.24, 2.45) is 4.40 Å². The Hall–Kier alpha value is -1.36. The van der Waals surface area contributed by atoms with Crippen molar-refractivity contribution < 1.29 is 14.1 Å². The number of phenols is 1. The van der Waals surface area contributed by atoms with Crippen LogP contribution in [-0.2, 0) is 11.0 Å². The highest BCUT2D eigenvalue weighted by atomic mass is 32.2. The van der Waals surface area contributed by atoms with Crippen LogP contribution < -0.4 is 4.74 Å². The lowest BCUT2D eigenvalue weighted by atomic mass is 10.1. The molecule has 0 aliphatic carbocycles. The van der Waals surface area contributed by atoms with Gasteiger partial charge in [-0.3, -0.25) is 0 Å². The molecular weight excluding hydrogens is 250 g/mol. The Morgan fingerprint density at radius 2 is 2.00 bits per heavy atom. The predicted octanol–water partition coefficient (Wildman–Crippen LogP) is 2.67. The van der Waals surface area contributed by atoms with Gasteiger partial charge in [0.05, 0.1) is 17.6 Å². The van der Waals surface area contributed by atoms with Gasteiger partial charge in [-0.2, -0.15) is 4.40 Å². The molecule has 1 aromatic carbocycles. The van der Waals surface area contributed by atoms with Crippen LogP contribution in [0.5, 0.6) is 11.5 Å². The summed E-state index contributed by atoms with van der Waals surface area (Å²) in [6.45, 7) is 7.29. The number of hydrogen-bond donors (Lipinski definition) is 1. The average molecular weight is 269 g/mol. The van der Waals surface area contributed by atoms with E-state index in [1.807, 2.05) is 20.8 Å². The lowest BCUT2D eigenvalue weighted by Gasteiger charge is -2.14. The number of aromatic hydroxyl groups is 1. The van der Waals surface area contributed by atoms with Gasteiger partial charge in [0.25, 0.3) is 0 Å². The fourth-order valence-corrected chi connectivity index (χ4v) is 1.88. The first-order valence-corrected chi connectivity index (χ1v) is 6.71. The topological polar surface area (TPSA) is 58.9 Å². The fraction of sp³-hybridized carbons (Fsp3) is 0.462. The van der Waals surface area contributed by atoms with Crippen LogP contribution in [0, 0.1) is 0 Å². The van der Waals surface area contributed by atoms with Crippen molar-refractivity contribution in [1.29, 1.82) is 0 Å². The monoisotopic (exact) mass is 269 g/mol. The van der Waals surface area contributed by atoms with Gasteiger partial charge >= 0.3 is 0 Å². The Labute approximate surface area is 110 Å². The van der Waals surface area contributed by atoms with Crippen LogP contribution in [0.15, 0.2) is 22.6 Å². The maximum absolute atomic E-state index is 11.9. The SMILES string of the molecule is COc1ccc(C(C)=N[S@@](=O)C(C)(C)C)c(O)c1. The zero-order valence-corrected chi connectivity index (χ0v) is 12.2. The fourth-order valence-electron chi connectivity index (χ4n) is 1.25. The molecule has 1 aromatic rings. The van der Waals surface area contributed by atoms with E-state index in [1.165, 1.54) is 13.2 Å². The second-order valence-corrected chi connectivity index (χ2v) is 6.83. The first-order valence-electron chi connectivity index (χ1n) is 5.60. The molecule has 0 heterocycles. The summed E-state index contributed by atoms with van der Waals surface area (Å²) in [7, 11) is 0.194. The van der Waals surface area contributed by atoms with Crippen LogP contribution in [0.25, 0.3) is 0 Å². The second-order valence-electron chi connectivity index (χ2n) is 4.92. The number of nitrogens with zero attached hydrogens (tertiary/aromatic N) is 1. The molecule has 0 fully saturated rings. The number of benzene rings is 1. The number of rotatable bonds is 3. The molecule has 0 saturated heterocycles. The summed E-state index contributed by atoms with van der Waals surface area (Å²) in [6.07, 6.45) is 0. The van der Waals surface area contributed by atoms with Crippen LogP contribution in [-0.4, -0.2) is 26.9 Å². The maximum atomic E-state index is 11.9. The molecule has 0 spiro atoms. The van der Waals surface area contributed by atoms with E-state index in [9.17, 15) is 9.32 Å². The van der Waals surface area contributed by atoms with Crippen LogP contribution in [0.3, 0.4) is 0 Å². The largest absolute Gasteiger partial charge is 0.507 e. The number of phenolic OH excluding ortho intramolecular Hbond substituents is 1. The van der Waals surface area contributed by atoms with Crippen molar-refractivity contribution in [3.63, 3.8) is 0 Å². The maximum Gasteiger partial charge on any atom is 0.145 e. The van der Waals surface area contributed by atoms with E-state index < -0.39 is 15.7 Å². The normalized spacial score (nSPS) is 14.4. The highest BCUT2D eigenvalue weighted by Crippen LogP contribution is 2.24. The van der Waals surface area contributed by atoms with Gasteiger partial charge in [-0.1, -0.05) is 0 Å². The highest BCUT2D eigenvalue weighted by molar-refractivity contribution is 7.85. The zero-order chi connectivity index (χ0) is 13.9. The van der Waals surface area contributed by atoms with Crippen LogP contribution >= 0.6 is 0 Å². The van der Waals surface area contributed by atoms with Crippen molar-refractivity contribution >= 4 is 16.7 Å². The van der Waals surface area contributed by atoms with Gasteiger partial charge in [0.2, 0.25) is 0 Å². The standard InChI is InChI=1S/C13H19NO3S/c1-9(14-18(16)13(2,3)4)11-7-6-10(17-5)8-12(11)15/h6-8,15H,1-5H3/t18-/m0/s1. The number of ether oxygens (including phenoxy) is 1. The molecule has 0 bridgehead atoms. The molecule has 0 aliphatic rings. The first kappa shape index (κ1) is 14.7.